The van der Waals surface area contributed by atoms with Crippen LogP contribution in [-0.2, 0) is 38.3 Å². The van der Waals surface area contributed by atoms with Gasteiger partial charge in [0.15, 0.2) is 0 Å². The lowest BCUT2D eigenvalue weighted by atomic mass is 9.77. The van der Waals surface area contributed by atoms with Gasteiger partial charge in [0.05, 0.1) is 17.6 Å². The van der Waals surface area contributed by atoms with Crippen LogP contribution in [0.1, 0.15) is 119 Å². The van der Waals surface area contributed by atoms with E-state index in [-0.39, 0.29) is 24.7 Å². The Labute approximate surface area is 300 Å². The summed E-state index contributed by atoms with van der Waals surface area (Å²) in [6.07, 6.45) is 12.7. The molecule has 0 bridgehead atoms. The summed E-state index contributed by atoms with van der Waals surface area (Å²) in [5.41, 5.74) is 9.18. The van der Waals surface area contributed by atoms with Gasteiger partial charge in [0.1, 0.15) is 13.2 Å². The zero-order chi connectivity index (χ0) is 36.0. The summed E-state index contributed by atoms with van der Waals surface area (Å²) in [5, 5.41) is 9.67. The Bertz CT molecular complexity index is 1560. The number of benzene rings is 3. The normalized spacial score (nSPS) is 17.1. The van der Waals surface area contributed by atoms with Crippen molar-refractivity contribution in [2.75, 3.05) is 13.2 Å². The standard InChI is InChI=1S/C45H58O5/c1-7-9-10-11-34-14-19-38(20-15-34)39-23-25-41(26-24-39)43-27-18-36(28-37(43)8-2)13-12-35-16-21-40(22-17-35)42(29-49-44(47)31(3)4)30-50-45(48)32(5)33(6)46/h16-18,21-28,33-34,38,42,46H,3,5,7-15,19-20,29-30H2,1-2,4,6H3. The highest BCUT2D eigenvalue weighted by atomic mass is 16.5. The first-order chi connectivity index (χ1) is 24.1. The van der Waals surface area contributed by atoms with Gasteiger partial charge in [-0.25, -0.2) is 9.59 Å². The van der Waals surface area contributed by atoms with Gasteiger partial charge >= 0.3 is 11.9 Å². The smallest absolute Gasteiger partial charge is 0.336 e. The molecule has 1 aliphatic carbocycles. The van der Waals surface area contributed by atoms with Crippen molar-refractivity contribution in [2.24, 2.45) is 5.92 Å². The van der Waals surface area contributed by atoms with Gasteiger partial charge in [-0.1, -0.05) is 119 Å². The molecule has 0 radical (unpaired) electrons. The highest BCUT2D eigenvalue weighted by Crippen LogP contribution is 2.38. The minimum atomic E-state index is -1.00. The van der Waals surface area contributed by atoms with Crippen molar-refractivity contribution >= 4 is 11.9 Å². The Morgan fingerprint density at radius 2 is 1.44 bits per heavy atom. The average molecular weight is 679 g/mol. The number of ether oxygens (including phenoxy) is 2. The molecule has 0 spiro atoms. The lowest BCUT2D eigenvalue weighted by Crippen LogP contribution is -2.22. The van der Waals surface area contributed by atoms with E-state index in [1.165, 1.54) is 91.7 Å². The van der Waals surface area contributed by atoms with Crippen molar-refractivity contribution in [3.05, 3.63) is 119 Å². The second-order valence-corrected chi connectivity index (χ2v) is 14.3. The van der Waals surface area contributed by atoms with Crippen molar-refractivity contribution in [1.29, 1.82) is 0 Å². The summed E-state index contributed by atoms with van der Waals surface area (Å²) >= 11 is 0. The number of hydrogen-bond donors (Lipinski definition) is 1. The van der Waals surface area contributed by atoms with Gasteiger partial charge in [-0.15, -0.1) is 0 Å². The van der Waals surface area contributed by atoms with Crippen LogP contribution in [0.5, 0.6) is 0 Å². The van der Waals surface area contributed by atoms with E-state index in [1.54, 1.807) is 6.92 Å². The van der Waals surface area contributed by atoms with Crippen LogP contribution in [0.25, 0.3) is 11.1 Å². The number of unbranched alkanes of at least 4 members (excludes halogenated alkanes) is 2. The minimum Gasteiger partial charge on any atom is -0.462 e. The topological polar surface area (TPSA) is 72.8 Å². The molecule has 5 nitrogen and oxygen atoms in total. The molecule has 1 saturated carbocycles. The van der Waals surface area contributed by atoms with E-state index in [4.69, 9.17) is 9.47 Å². The molecular formula is C45H58O5. The molecule has 0 heterocycles. The van der Waals surface area contributed by atoms with E-state index in [1.807, 2.05) is 12.1 Å². The molecule has 2 atom stereocenters. The number of hydrogen-bond acceptors (Lipinski definition) is 5. The number of aliphatic hydroxyl groups is 1. The van der Waals surface area contributed by atoms with Crippen LogP contribution < -0.4 is 0 Å². The highest BCUT2D eigenvalue weighted by molar-refractivity contribution is 5.88. The van der Waals surface area contributed by atoms with Crippen molar-refractivity contribution in [3.63, 3.8) is 0 Å². The highest BCUT2D eigenvalue weighted by Gasteiger charge is 2.23. The van der Waals surface area contributed by atoms with E-state index in [0.29, 0.717) is 11.5 Å². The Kier molecular flexibility index (Phi) is 15.1. The molecule has 1 fully saturated rings. The number of aliphatic hydroxyl groups excluding tert-OH is 1. The van der Waals surface area contributed by atoms with Crippen LogP contribution in [0.4, 0.5) is 0 Å². The Morgan fingerprint density at radius 3 is 2.04 bits per heavy atom. The van der Waals surface area contributed by atoms with Crippen LogP contribution in [0.3, 0.4) is 0 Å². The molecule has 4 rings (SSSR count). The van der Waals surface area contributed by atoms with E-state index < -0.39 is 18.0 Å². The zero-order valence-corrected chi connectivity index (χ0v) is 30.8. The van der Waals surface area contributed by atoms with Crippen LogP contribution >= 0.6 is 0 Å². The fraction of sp³-hybridized carbons (Fsp3) is 0.467. The third kappa shape index (κ3) is 11.3. The Hall–Kier alpha value is -3.96. The van der Waals surface area contributed by atoms with Crippen LogP contribution in [0.15, 0.2) is 91.0 Å². The first kappa shape index (κ1) is 38.8. The van der Waals surface area contributed by atoms with Crippen LogP contribution in [0, 0.1) is 5.92 Å². The number of rotatable bonds is 18. The third-order valence-corrected chi connectivity index (χ3v) is 10.4. The molecule has 50 heavy (non-hydrogen) atoms. The summed E-state index contributed by atoms with van der Waals surface area (Å²) < 4.78 is 10.8. The third-order valence-electron chi connectivity index (χ3n) is 10.4. The first-order valence-electron chi connectivity index (χ1n) is 18.8. The first-order valence-corrected chi connectivity index (χ1v) is 18.8. The lowest BCUT2D eigenvalue weighted by Gasteiger charge is -2.29. The number of aryl methyl sites for hydroxylation is 3. The average Bonchev–Trinajstić information content (AvgIpc) is 3.14. The molecule has 0 amide bonds. The van der Waals surface area contributed by atoms with E-state index in [9.17, 15) is 14.7 Å². The number of carbonyl (C=O) groups is 2. The van der Waals surface area contributed by atoms with E-state index in [2.05, 4.69) is 81.6 Å². The molecule has 5 heteroatoms. The molecule has 3 aromatic rings. The monoisotopic (exact) mass is 678 g/mol. The molecule has 2 unspecified atom stereocenters. The zero-order valence-electron chi connectivity index (χ0n) is 30.8. The number of esters is 2. The van der Waals surface area contributed by atoms with E-state index in [0.717, 1.165) is 30.7 Å². The predicted molar refractivity (Wildman–Crippen MR) is 204 cm³/mol. The maximum atomic E-state index is 12.3. The minimum absolute atomic E-state index is 0.0115. The maximum Gasteiger partial charge on any atom is 0.336 e. The molecule has 268 valence electrons. The van der Waals surface area contributed by atoms with Gasteiger partial charge in [-0.2, -0.15) is 0 Å². The summed E-state index contributed by atoms with van der Waals surface area (Å²) in [7, 11) is 0. The van der Waals surface area contributed by atoms with Gasteiger partial charge in [-0.3, -0.25) is 0 Å². The van der Waals surface area contributed by atoms with Crippen molar-refractivity contribution in [1.82, 2.24) is 0 Å². The molecule has 3 aromatic carbocycles. The largest absolute Gasteiger partial charge is 0.462 e. The lowest BCUT2D eigenvalue weighted by molar-refractivity contribution is -0.143. The Morgan fingerprint density at radius 1 is 0.820 bits per heavy atom. The molecule has 0 saturated heterocycles. The van der Waals surface area contributed by atoms with Crippen LogP contribution in [0.2, 0.25) is 0 Å². The molecule has 0 aliphatic heterocycles. The fourth-order valence-electron chi connectivity index (χ4n) is 7.00. The van der Waals surface area contributed by atoms with Gasteiger partial charge in [0.25, 0.3) is 0 Å². The summed E-state index contributed by atoms with van der Waals surface area (Å²) in [6.45, 7) is 14.8. The van der Waals surface area contributed by atoms with Gasteiger partial charge in [0, 0.05) is 5.57 Å². The summed E-state index contributed by atoms with van der Waals surface area (Å²) in [5.74, 6) is 0.102. The van der Waals surface area contributed by atoms with E-state index >= 15 is 0 Å². The van der Waals surface area contributed by atoms with Crippen molar-refractivity contribution in [2.45, 2.75) is 116 Å². The van der Waals surface area contributed by atoms with Gasteiger partial charge < -0.3 is 14.6 Å². The number of carbonyl (C=O) groups excluding carboxylic acids is 2. The molecule has 1 aliphatic rings. The molecular weight excluding hydrogens is 620 g/mol. The van der Waals surface area contributed by atoms with Crippen molar-refractivity contribution in [3.8, 4) is 11.1 Å². The van der Waals surface area contributed by atoms with Gasteiger partial charge in [-0.05, 0) is 110 Å². The SMILES string of the molecule is C=C(C)C(=O)OCC(COC(=O)C(=C)C(C)O)c1ccc(CCc2ccc(-c3ccc(C4CCC(CCCCC)CC4)cc3)c(CC)c2)cc1. The van der Waals surface area contributed by atoms with Crippen molar-refractivity contribution < 1.29 is 24.2 Å². The fourth-order valence-corrected chi connectivity index (χ4v) is 7.00. The van der Waals surface area contributed by atoms with Gasteiger partial charge in [0.2, 0.25) is 0 Å². The molecule has 0 aromatic heterocycles. The quantitative estimate of drug-likeness (QED) is 0.0824. The predicted octanol–water partition coefficient (Wildman–Crippen LogP) is 10.2. The maximum absolute atomic E-state index is 12.3. The summed E-state index contributed by atoms with van der Waals surface area (Å²) in [6, 6.07) is 24.5. The Balaban J connectivity index is 1.35. The second-order valence-electron chi connectivity index (χ2n) is 14.3. The van der Waals surface area contributed by atoms with Crippen LogP contribution in [-0.4, -0.2) is 36.4 Å². The molecule has 1 N–H and O–H groups in total. The summed E-state index contributed by atoms with van der Waals surface area (Å²) in [4.78, 5) is 24.4. The second kappa shape index (κ2) is 19.4.